The molecule has 294 valence electrons. The summed E-state index contributed by atoms with van der Waals surface area (Å²) >= 11 is 0. The van der Waals surface area contributed by atoms with E-state index in [4.69, 9.17) is 30.2 Å². The van der Waals surface area contributed by atoms with E-state index in [1.165, 1.54) is 22.5 Å². The predicted octanol–water partition coefficient (Wildman–Crippen LogP) is -4.31. The molecule has 0 aromatic carbocycles. The number of aromatic nitrogens is 6. The SMILES string of the molecule is COC1C(COP(=O)(O)OP(=O)(O)OP(=O)(O)OCC2OC([n+]3cn(C)c4c(=O)[nH]c(N)nc43)C(O)C2O)OC(n2cnc3c2NC(N)NC3=O)C1O. The summed E-state index contributed by atoms with van der Waals surface area (Å²) in [7, 11) is -14.6. The first-order valence-corrected chi connectivity index (χ1v) is 19.4. The number of aliphatic hydroxyl groups is 3. The van der Waals surface area contributed by atoms with Crippen LogP contribution in [0.5, 0.6) is 0 Å². The number of phosphoric ester groups is 2. The van der Waals surface area contributed by atoms with E-state index in [9.17, 15) is 53.3 Å². The molecule has 0 spiro atoms. The zero-order chi connectivity index (χ0) is 38.8. The molecule has 13 N–H and O–H groups in total. The number of nitrogen functional groups attached to an aromatic ring is 1. The Bertz CT molecular complexity index is 2100. The second kappa shape index (κ2) is 14.4. The van der Waals surface area contributed by atoms with E-state index in [0.29, 0.717) is 0 Å². The van der Waals surface area contributed by atoms with Crippen molar-refractivity contribution in [3.8, 4) is 0 Å². The number of nitrogens with two attached hydrogens (primary N) is 2. The summed E-state index contributed by atoms with van der Waals surface area (Å²) in [5.41, 5.74) is 10.6. The average molecular weight is 819 g/mol. The molecule has 31 heteroatoms. The molecule has 3 aliphatic heterocycles. The molecule has 0 aliphatic carbocycles. The van der Waals surface area contributed by atoms with Gasteiger partial charge in [-0.15, -0.1) is 0 Å². The molecule has 3 aromatic rings. The summed E-state index contributed by atoms with van der Waals surface area (Å²) < 4.78 is 75.4. The van der Waals surface area contributed by atoms with E-state index in [2.05, 4.69) is 38.7 Å². The number of H-pyrrole nitrogens is 1. The molecule has 12 atom stereocenters. The third kappa shape index (κ3) is 7.96. The van der Waals surface area contributed by atoms with Gasteiger partial charge in [0.15, 0.2) is 24.5 Å². The Hall–Kier alpha value is -3.24. The number of carbonyl (C=O) groups is 1. The Morgan fingerprint density at radius 2 is 1.60 bits per heavy atom. The number of ether oxygens (including phenoxy) is 3. The highest BCUT2D eigenvalue weighted by atomic mass is 31.3. The quantitative estimate of drug-likeness (QED) is 0.0574. The van der Waals surface area contributed by atoms with Crippen molar-refractivity contribution in [2.45, 2.75) is 55.4 Å². The van der Waals surface area contributed by atoms with E-state index in [1.807, 2.05) is 0 Å². The predicted molar refractivity (Wildman–Crippen MR) is 167 cm³/mol. The first-order chi connectivity index (χ1) is 24.7. The number of amides is 1. The van der Waals surface area contributed by atoms with Crippen LogP contribution in [0.3, 0.4) is 0 Å². The third-order valence-corrected chi connectivity index (χ3v) is 12.3. The number of phosphoric acid groups is 3. The summed E-state index contributed by atoms with van der Waals surface area (Å²) in [6, 6.07) is 0. The molecule has 3 aromatic heterocycles. The van der Waals surface area contributed by atoms with Crippen LogP contribution in [0.15, 0.2) is 17.4 Å². The number of aliphatic hydroxyl groups excluding tert-OH is 3. The maximum atomic E-state index is 12.6. The van der Waals surface area contributed by atoms with Crippen molar-refractivity contribution in [2.75, 3.05) is 31.4 Å². The number of carbonyl (C=O) groups excluding carboxylic acids is 1. The second-order valence-corrected chi connectivity index (χ2v) is 16.3. The van der Waals surface area contributed by atoms with Crippen LogP contribution >= 0.6 is 23.5 Å². The molecule has 0 bridgehead atoms. The lowest BCUT2D eigenvalue weighted by atomic mass is 10.1. The van der Waals surface area contributed by atoms with Gasteiger partial charge in [0, 0.05) is 7.11 Å². The minimum atomic E-state index is -5.97. The Kier molecular flexibility index (Phi) is 10.7. The van der Waals surface area contributed by atoms with Gasteiger partial charge in [-0.2, -0.15) is 8.62 Å². The van der Waals surface area contributed by atoms with Gasteiger partial charge in [-0.1, -0.05) is 4.98 Å². The van der Waals surface area contributed by atoms with Gasteiger partial charge in [-0.3, -0.25) is 38.5 Å². The number of anilines is 2. The molecule has 0 radical (unpaired) electrons. The maximum absolute atomic E-state index is 12.6. The molecule has 2 fully saturated rings. The Labute approximate surface area is 295 Å². The summed E-state index contributed by atoms with van der Waals surface area (Å²) in [5.74, 6) is -0.823. The number of fused-ring (bicyclic) bond motifs is 2. The molecule has 2 saturated heterocycles. The molecule has 28 nitrogen and oxygen atoms in total. The van der Waals surface area contributed by atoms with Gasteiger partial charge in [0.1, 0.15) is 42.4 Å². The minimum absolute atomic E-state index is 0.0184. The number of nitrogens with zero attached hydrogens (tertiary/aromatic N) is 5. The fraction of sp³-hybridized carbons (Fsp3) is 0.591. The highest BCUT2D eigenvalue weighted by Crippen LogP contribution is 2.67. The van der Waals surface area contributed by atoms with Gasteiger partial charge in [-0.25, -0.2) is 23.2 Å². The Morgan fingerprint density at radius 1 is 0.962 bits per heavy atom. The van der Waals surface area contributed by atoms with Crippen molar-refractivity contribution >= 4 is 52.3 Å². The lowest BCUT2D eigenvalue weighted by Gasteiger charge is -2.26. The smallest absolute Gasteiger partial charge is 0.387 e. The Balaban J connectivity index is 1.05. The number of rotatable bonds is 13. The normalized spacial score (nSPS) is 32.1. The van der Waals surface area contributed by atoms with Gasteiger partial charge in [0.2, 0.25) is 11.7 Å². The van der Waals surface area contributed by atoms with Crippen molar-refractivity contribution in [1.82, 2.24) is 29.4 Å². The van der Waals surface area contributed by atoms with E-state index < -0.39 is 104 Å². The number of methoxy groups -OCH3 is 1. The first-order valence-electron chi connectivity index (χ1n) is 14.9. The van der Waals surface area contributed by atoms with Crippen molar-refractivity contribution in [3.63, 3.8) is 0 Å². The largest absolute Gasteiger partial charge is 0.490 e. The van der Waals surface area contributed by atoms with Crippen LogP contribution in [0, 0.1) is 0 Å². The molecule has 6 rings (SSSR count). The lowest BCUT2D eigenvalue weighted by molar-refractivity contribution is -0.745. The topological polar surface area (TPSA) is 403 Å². The van der Waals surface area contributed by atoms with Crippen LogP contribution in [-0.4, -0.2) is 123 Å². The van der Waals surface area contributed by atoms with Gasteiger partial charge in [0.25, 0.3) is 17.4 Å². The summed E-state index contributed by atoms with van der Waals surface area (Å²) in [6.07, 6.45) is -10.6. The molecular weight excluding hydrogens is 785 g/mol. The minimum Gasteiger partial charge on any atom is -0.387 e. The van der Waals surface area contributed by atoms with E-state index in [-0.39, 0.29) is 28.6 Å². The lowest BCUT2D eigenvalue weighted by Crippen LogP contribution is -2.51. The Morgan fingerprint density at radius 3 is 2.25 bits per heavy atom. The summed E-state index contributed by atoms with van der Waals surface area (Å²) in [5, 5.41) is 37.1. The monoisotopic (exact) mass is 819 g/mol. The van der Waals surface area contributed by atoms with Crippen LogP contribution in [0.1, 0.15) is 22.9 Å². The maximum Gasteiger partial charge on any atom is 0.490 e. The van der Waals surface area contributed by atoms with E-state index >= 15 is 0 Å². The van der Waals surface area contributed by atoms with Crippen LogP contribution in [0.25, 0.3) is 11.2 Å². The van der Waals surface area contributed by atoms with E-state index in [1.54, 1.807) is 0 Å². The molecule has 53 heavy (non-hydrogen) atoms. The van der Waals surface area contributed by atoms with Crippen molar-refractivity contribution in [1.29, 1.82) is 0 Å². The number of hydrogen-bond donors (Lipinski definition) is 11. The van der Waals surface area contributed by atoms with E-state index in [0.717, 1.165) is 18.0 Å². The molecule has 6 heterocycles. The summed E-state index contributed by atoms with van der Waals surface area (Å²) in [4.78, 5) is 65.0. The second-order valence-electron chi connectivity index (χ2n) is 11.7. The fourth-order valence-electron chi connectivity index (χ4n) is 5.84. The molecule has 0 saturated carbocycles. The zero-order valence-corrected chi connectivity index (χ0v) is 29.8. The van der Waals surface area contributed by atoms with Crippen molar-refractivity contribution < 1.29 is 84.9 Å². The molecule has 3 aliphatic rings. The standard InChI is InChI=1S/C22H33N10O18P3/c1-30-6-32(16-10(30)18(37)29-22(24)27-16)19-12(34)11(33)7(47-19)3-45-51(38,39)49-53(42,43)50-52(40,41)46-4-8-14(44-2)13(35)20(48-8)31-5-25-9-15(31)26-21(23)28-17(9)36/h5-8,11-14,19-21,33-35H,3-4,23H2,1-2H3,(H7-,24,26,27,28,29,36,37,38,39,40,41,42,43)/p+1. The third-order valence-electron chi connectivity index (χ3n) is 8.06. The van der Waals surface area contributed by atoms with Crippen molar-refractivity contribution in [2.24, 2.45) is 12.8 Å². The number of nitrogens with one attached hydrogen (secondary N) is 3. The van der Waals surface area contributed by atoms with Gasteiger partial charge >= 0.3 is 29.1 Å². The van der Waals surface area contributed by atoms with Gasteiger partial charge in [-0.05, 0) is 0 Å². The molecule has 1 amide bonds. The van der Waals surface area contributed by atoms with Gasteiger partial charge in [0.05, 0.1) is 26.6 Å². The number of hydrogen-bond acceptors (Lipinski definition) is 20. The fourth-order valence-corrected chi connectivity index (χ4v) is 9.36. The highest BCUT2D eigenvalue weighted by molar-refractivity contribution is 7.66. The molecule has 12 unspecified atom stereocenters. The van der Waals surface area contributed by atoms with Crippen LogP contribution < -0.4 is 32.2 Å². The first kappa shape index (κ1) is 39.5. The number of imidazole rings is 2. The number of aromatic amines is 1. The average Bonchev–Trinajstić information content (AvgIpc) is 3.76. The van der Waals surface area contributed by atoms with Gasteiger partial charge < -0.3 is 60.6 Å². The summed E-state index contributed by atoms with van der Waals surface area (Å²) in [6.45, 7) is -2.01. The highest BCUT2D eigenvalue weighted by Gasteiger charge is 2.51. The van der Waals surface area contributed by atoms with Crippen LogP contribution in [0.2, 0.25) is 0 Å². The van der Waals surface area contributed by atoms with Crippen LogP contribution in [-0.2, 0) is 52.6 Å². The van der Waals surface area contributed by atoms with Crippen LogP contribution in [0.4, 0.5) is 11.8 Å². The number of aryl methyl sites for hydroxylation is 1. The van der Waals surface area contributed by atoms with Crippen molar-refractivity contribution in [3.05, 3.63) is 28.7 Å². The molecular formula is C22H34N10O18P3+. The zero-order valence-electron chi connectivity index (χ0n) is 27.1.